The van der Waals surface area contributed by atoms with Crippen molar-refractivity contribution in [3.8, 4) is 23.0 Å². The van der Waals surface area contributed by atoms with Crippen molar-refractivity contribution in [2.75, 3.05) is 33.9 Å². The predicted molar refractivity (Wildman–Crippen MR) is 170 cm³/mol. The second kappa shape index (κ2) is 13.9. The predicted octanol–water partition coefficient (Wildman–Crippen LogP) is 2.42. The molecule has 3 aliphatic heterocycles. The van der Waals surface area contributed by atoms with Crippen molar-refractivity contribution in [2.45, 2.75) is 44.5 Å². The van der Waals surface area contributed by atoms with E-state index < -0.39 is 23.8 Å². The molecule has 0 spiro atoms. The molecule has 3 aromatic carbocycles. The van der Waals surface area contributed by atoms with Crippen LogP contribution >= 0.6 is 0 Å². The third kappa shape index (κ3) is 7.19. The fraction of sp³-hybridized carbons (Fsp3) is 0.353. The van der Waals surface area contributed by atoms with Crippen molar-refractivity contribution >= 4 is 28.8 Å². The highest BCUT2D eigenvalue weighted by atomic mass is 16.5. The summed E-state index contributed by atoms with van der Waals surface area (Å²) in [5.41, 5.74) is 2.54. The molecule has 0 radical (unpaired) electrons. The largest absolute Gasteiger partial charge is 0.496 e. The SMILES string of the molecule is COc1cc2ccc1CNC(=O)CCc1ccc(OC)c(c1)OCC(=O)N[C@@H]1CN(C(=O)Cn3c(=O)oc4ccccc43)CC[C@@H]1O2. The molecule has 2 N–H and O–H groups in total. The van der Waals surface area contributed by atoms with Gasteiger partial charge in [0.15, 0.2) is 23.7 Å². The van der Waals surface area contributed by atoms with Gasteiger partial charge in [0.25, 0.3) is 5.91 Å². The van der Waals surface area contributed by atoms with Crippen LogP contribution in [0.5, 0.6) is 23.0 Å². The van der Waals surface area contributed by atoms with E-state index in [-0.39, 0.29) is 44.5 Å². The van der Waals surface area contributed by atoms with Gasteiger partial charge in [-0.25, -0.2) is 4.79 Å². The average molecular weight is 645 g/mol. The summed E-state index contributed by atoms with van der Waals surface area (Å²) in [6.45, 7) is 0.211. The molecule has 0 saturated carbocycles. The standard InChI is InChI=1S/C34H36N4O9/c1-43-28-11-7-21-8-12-31(39)35-17-22-9-10-23(16-29(22)44-2)46-26-13-14-37(18-24(26)36-32(40)20-45-30(28)15-21)33(41)19-38-25-5-3-4-6-27(25)47-34(38)42/h3-7,9-11,15-16,24,26H,8,12-14,17-20H2,1-2H3,(H,35,39)(H,36,40)/t24-,26+/m1/s1. The van der Waals surface area contributed by atoms with Gasteiger partial charge in [0.1, 0.15) is 24.1 Å². The number of benzene rings is 3. The van der Waals surface area contributed by atoms with E-state index >= 15 is 0 Å². The van der Waals surface area contributed by atoms with E-state index in [1.165, 1.54) is 11.7 Å². The molecule has 47 heavy (non-hydrogen) atoms. The summed E-state index contributed by atoms with van der Waals surface area (Å²) >= 11 is 0. The maximum Gasteiger partial charge on any atom is 0.420 e. The molecule has 13 heteroatoms. The monoisotopic (exact) mass is 644 g/mol. The average Bonchev–Trinajstić information content (AvgIpc) is 3.40. The second-order valence-electron chi connectivity index (χ2n) is 11.4. The normalized spacial score (nSPS) is 18.8. The Bertz CT molecular complexity index is 1850. The van der Waals surface area contributed by atoms with E-state index in [1.807, 2.05) is 12.1 Å². The molecule has 0 unspecified atom stereocenters. The van der Waals surface area contributed by atoms with Gasteiger partial charge in [-0.3, -0.25) is 19.0 Å². The molecule has 1 fully saturated rings. The van der Waals surface area contributed by atoms with E-state index in [0.29, 0.717) is 53.5 Å². The number of ether oxygens (including phenoxy) is 4. The van der Waals surface area contributed by atoms with Gasteiger partial charge in [-0.1, -0.05) is 18.2 Å². The first-order chi connectivity index (χ1) is 22.8. The van der Waals surface area contributed by atoms with Crippen LogP contribution in [0.25, 0.3) is 11.1 Å². The van der Waals surface area contributed by atoms with Crippen molar-refractivity contribution in [3.05, 3.63) is 82.3 Å². The van der Waals surface area contributed by atoms with Crippen LogP contribution in [0.15, 0.2) is 69.9 Å². The molecule has 4 heterocycles. The molecule has 4 bridgehead atoms. The Labute approximate surface area is 270 Å². The quantitative estimate of drug-likeness (QED) is 0.342. The van der Waals surface area contributed by atoms with Gasteiger partial charge >= 0.3 is 5.76 Å². The third-order valence-corrected chi connectivity index (χ3v) is 8.37. The number of likely N-dealkylation sites (tertiary alicyclic amines) is 1. The van der Waals surface area contributed by atoms with Crippen molar-refractivity contribution in [1.82, 2.24) is 20.1 Å². The van der Waals surface area contributed by atoms with Crippen LogP contribution < -0.4 is 35.3 Å². The number of fused-ring (bicyclic) bond motifs is 10. The van der Waals surface area contributed by atoms with Crippen molar-refractivity contribution in [2.24, 2.45) is 0 Å². The molecule has 3 amide bonds. The molecule has 4 aromatic rings. The lowest BCUT2D eigenvalue weighted by molar-refractivity contribution is -0.136. The number of aryl methyl sites for hydroxylation is 1. The number of aromatic nitrogens is 1. The molecule has 7 rings (SSSR count). The van der Waals surface area contributed by atoms with Crippen LogP contribution in [-0.2, 0) is 33.9 Å². The summed E-state index contributed by atoms with van der Waals surface area (Å²) in [6.07, 6.45) is 0.598. The van der Waals surface area contributed by atoms with Crippen LogP contribution in [-0.4, -0.2) is 73.3 Å². The van der Waals surface area contributed by atoms with E-state index in [0.717, 1.165) is 11.1 Å². The first-order valence-electron chi connectivity index (χ1n) is 15.4. The zero-order valence-corrected chi connectivity index (χ0v) is 26.2. The molecule has 1 saturated heterocycles. The number of nitrogens with one attached hydrogen (secondary N) is 2. The molecular formula is C34H36N4O9. The number of methoxy groups -OCH3 is 2. The van der Waals surface area contributed by atoms with Crippen LogP contribution in [0.3, 0.4) is 0 Å². The Kier molecular flexibility index (Phi) is 9.32. The minimum Gasteiger partial charge on any atom is -0.496 e. The minimum absolute atomic E-state index is 0.127. The number of carbonyl (C=O) groups is 3. The van der Waals surface area contributed by atoms with Crippen molar-refractivity contribution in [3.63, 3.8) is 0 Å². The summed E-state index contributed by atoms with van der Waals surface area (Å²) < 4.78 is 29.9. The number of nitrogens with zero attached hydrogens (tertiary/aromatic N) is 2. The first kappa shape index (κ1) is 31.5. The van der Waals surface area contributed by atoms with E-state index in [4.69, 9.17) is 23.4 Å². The molecule has 2 atom stereocenters. The van der Waals surface area contributed by atoms with Crippen LogP contribution in [0.4, 0.5) is 0 Å². The highest BCUT2D eigenvalue weighted by Gasteiger charge is 2.35. The van der Waals surface area contributed by atoms with Gasteiger partial charge in [0.05, 0.1) is 25.8 Å². The Balaban J connectivity index is 1.25. The summed E-state index contributed by atoms with van der Waals surface area (Å²) in [7, 11) is 3.05. The Morgan fingerprint density at radius 3 is 2.62 bits per heavy atom. The number of amides is 3. The number of para-hydroxylation sites is 2. The summed E-state index contributed by atoms with van der Waals surface area (Å²) in [6, 6.07) is 17.0. The molecule has 1 aromatic heterocycles. The zero-order chi connectivity index (χ0) is 32.9. The lowest BCUT2D eigenvalue weighted by atomic mass is 10.0. The highest BCUT2D eigenvalue weighted by Crippen LogP contribution is 2.30. The summed E-state index contributed by atoms with van der Waals surface area (Å²) in [5.74, 6) is 0.395. The molecule has 13 nitrogen and oxygen atoms in total. The fourth-order valence-corrected chi connectivity index (χ4v) is 5.88. The molecule has 3 aliphatic rings. The van der Waals surface area contributed by atoms with E-state index in [9.17, 15) is 19.2 Å². The molecular weight excluding hydrogens is 608 g/mol. The number of oxazole rings is 1. The van der Waals surface area contributed by atoms with Crippen molar-refractivity contribution < 1.29 is 37.7 Å². The first-order valence-corrected chi connectivity index (χ1v) is 15.4. The van der Waals surface area contributed by atoms with Gasteiger partial charge in [-0.2, -0.15) is 0 Å². The maximum atomic E-state index is 13.5. The zero-order valence-electron chi connectivity index (χ0n) is 26.2. The Morgan fingerprint density at radius 1 is 0.957 bits per heavy atom. The van der Waals surface area contributed by atoms with Gasteiger partial charge in [-0.15, -0.1) is 0 Å². The topological polar surface area (TPSA) is 151 Å². The van der Waals surface area contributed by atoms with Gasteiger partial charge < -0.3 is 38.9 Å². The number of rotatable bonds is 4. The lowest BCUT2D eigenvalue weighted by Crippen LogP contribution is -2.59. The van der Waals surface area contributed by atoms with E-state index in [1.54, 1.807) is 60.5 Å². The Morgan fingerprint density at radius 2 is 1.79 bits per heavy atom. The third-order valence-electron chi connectivity index (χ3n) is 8.37. The number of hydrogen-bond donors (Lipinski definition) is 2. The lowest BCUT2D eigenvalue weighted by Gasteiger charge is -2.39. The highest BCUT2D eigenvalue weighted by molar-refractivity contribution is 5.81. The molecule has 0 aliphatic carbocycles. The van der Waals surface area contributed by atoms with Crippen molar-refractivity contribution in [1.29, 1.82) is 0 Å². The maximum absolute atomic E-state index is 13.5. The van der Waals surface area contributed by atoms with Gasteiger partial charge in [-0.05, 0) is 48.4 Å². The fourth-order valence-electron chi connectivity index (χ4n) is 5.88. The van der Waals surface area contributed by atoms with Crippen LogP contribution in [0.2, 0.25) is 0 Å². The second-order valence-corrected chi connectivity index (χ2v) is 11.4. The van der Waals surface area contributed by atoms with Gasteiger partial charge in [0, 0.05) is 44.1 Å². The minimum atomic E-state index is -0.619. The summed E-state index contributed by atoms with van der Waals surface area (Å²) in [5, 5.41) is 5.93. The summed E-state index contributed by atoms with van der Waals surface area (Å²) in [4.78, 5) is 53.6. The van der Waals surface area contributed by atoms with Gasteiger partial charge in [0.2, 0.25) is 11.8 Å². The number of carbonyl (C=O) groups excluding carboxylic acids is 3. The smallest absolute Gasteiger partial charge is 0.420 e. The van der Waals surface area contributed by atoms with Crippen LogP contribution in [0, 0.1) is 0 Å². The van der Waals surface area contributed by atoms with E-state index in [2.05, 4.69) is 10.6 Å². The van der Waals surface area contributed by atoms with Crippen LogP contribution in [0.1, 0.15) is 24.0 Å². The number of piperidine rings is 1. The Hall–Kier alpha value is -5.46. The number of hydrogen-bond acceptors (Lipinski definition) is 9. The molecule has 246 valence electrons.